The van der Waals surface area contributed by atoms with Gasteiger partial charge in [0.05, 0.1) is 6.61 Å². The standard InChI is InChI=1S/C20H17BrN2O3/c1-25-13-17-18(21)6-3-7-19(17)23-20(24)14-4-2-5-16(12-14)26-15-8-10-22-11-9-15/h2-12H,13H2,1H3,(H,23,24). The molecule has 1 aromatic heterocycles. The van der Waals surface area contributed by atoms with Crippen molar-refractivity contribution in [3.05, 3.63) is 82.6 Å². The number of pyridine rings is 1. The molecule has 0 bridgehead atoms. The van der Waals surface area contributed by atoms with E-state index in [2.05, 4.69) is 26.2 Å². The number of carbonyl (C=O) groups excluding carboxylic acids is 1. The van der Waals surface area contributed by atoms with Crippen LogP contribution in [-0.2, 0) is 11.3 Å². The summed E-state index contributed by atoms with van der Waals surface area (Å²) >= 11 is 3.49. The molecule has 1 N–H and O–H groups in total. The molecule has 132 valence electrons. The van der Waals surface area contributed by atoms with E-state index in [1.807, 2.05) is 18.2 Å². The maximum Gasteiger partial charge on any atom is 0.255 e. The van der Waals surface area contributed by atoms with Gasteiger partial charge in [-0.15, -0.1) is 0 Å². The Morgan fingerprint density at radius 1 is 1.08 bits per heavy atom. The van der Waals surface area contributed by atoms with Gasteiger partial charge >= 0.3 is 0 Å². The molecule has 0 unspecified atom stereocenters. The summed E-state index contributed by atoms with van der Waals surface area (Å²) in [5, 5.41) is 2.93. The molecule has 26 heavy (non-hydrogen) atoms. The van der Waals surface area contributed by atoms with Crippen molar-refractivity contribution in [3.8, 4) is 11.5 Å². The molecule has 0 aliphatic rings. The van der Waals surface area contributed by atoms with E-state index in [9.17, 15) is 4.79 Å². The second kappa shape index (κ2) is 8.60. The summed E-state index contributed by atoms with van der Waals surface area (Å²) < 4.78 is 11.9. The molecule has 3 rings (SSSR count). The number of aromatic nitrogens is 1. The average Bonchev–Trinajstić information content (AvgIpc) is 2.65. The molecule has 0 aliphatic heterocycles. The quantitative estimate of drug-likeness (QED) is 0.616. The lowest BCUT2D eigenvalue weighted by atomic mass is 10.1. The third-order valence-corrected chi connectivity index (χ3v) is 4.38. The van der Waals surface area contributed by atoms with Gasteiger partial charge in [0.1, 0.15) is 11.5 Å². The summed E-state index contributed by atoms with van der Waals surface area (Å²) in [4.78, 5) is 16.6. The second-order valence-electron chi connectivity index (χ2n) is 5.47. The third-order valence-electron chi connectivity index (χ3n) is 3.64. The van der Waals surface area contributed by atoms with Crippen molar-refractivity contribution >= 4 is 27.5 Å². The molecular weight excluding hydrogens is 396 g/mol. The van der Waals surface area contributed by atoms with Gasteiger partial charge in [-0.25, -0.2) is 0 Å². The maximum absolute atomic E-state index is 12.7. The lowest BCUT2D eigenvalue weighted by Crippen LogP contribution is -2.13. The Bertz CT molecular complexity index is 901. The van der Waals surface area contributed by atoms with Crippen LogP contribution in [0.3, 0.4) is 0 Å². The molecule has 5 nitrogen and oxygen atoms in total. The number of nitrogens with zero attached hydrogens (tertiary/aromatic N) is 1. The number of anilines is 1. The SMILES string of the molecule is COCc1c(Br)cccc1NC(=O)c1cccc(Oc2ccncc2)c1. The van der Waals surface area contributed by atoms with Gasteiger partial charge in [0.2, 0.25) is 0 Å². The van der Waals surface area contributed by atoms with Crippen molar-refractivity contribution in [2.75, 3.05) is 12.4 Å². The zero-order chi connectivity index (χ0) is 18.4. The van der Waals surface area contributed by atoms with Crippen LogP contribution in [0.2, 0.25) is 0 Å². The van der Waals surface area contributed by atoms with Gasteiger partial charge in [0, 0.05) is 40.8 Å². The number of hydrogen-bond donors (Lipinski definition) is 1. The topological polar surface area (TPSA) is 60.5 Å². The van der Waals surface area contributed by atoms with Gasteiger partial charge in [-0.05, 0) is 42.5 Å². The van der Waals surface area contributed by atoms with E-state index in [1.54, 1.807) is 55.9 Å². The number of nitrogens with one attached hydrogen (secondary N) is 1. The normalized spacial score (nSPS) is 10.4. The molecule has 0 aliphatic carbocycles. The monoisotopic (exact) mass is 412 g/mol. The molecule has 0 radical (unpaired) electrons. The largest absolute Gasteiger partial charge is 0.457 e. The van der Waals surface area contributed by atoms with Crippen LogP contribution in [0, 0.1) is 0 Å². The van der Waals surface area contributed by atoms with Crippen LogP contribution in [0.15, 0.2) is 71.5 Å². The first-order chi connectivity index (χ1) is 12.7. The summed E-state index contributed by atoms with van der Waals surface area (Å²) in [6, 6.07) is 16.1. The number of amides is 1. The maximum atomic E-state index is 12.7. The Labute approximate surface area is 160 Å². The van der Waals surface area contributed by atoms with Crippen molar-refractivity contribution < 1.29 is 14.3 Å². The Hall–Kier alpha value is -2.70. The summed E-state index contributed by atoms with van der Waals surface area (Å²) in [6.07, 6.45) is 3.30. The number of rotatable bonds is 6. The summed E-state index contributed by atoms with van der Waals surface area (Å²) in [7, 11) is 1.62. The van der Waals surface area contributed by atoms with Crippen LogP contribution in [0.1, 0.15) is 15.9 Å². The smallest absolute Gasteiger partial charge is 0.255 e. The summed E-state index contributed by atoms with van der Waals surface area (Å²) in [6.45, 7) is 0.391. The second-order valence-corrected chi connectivity index (χ2v) is 6.32. The van der Waals surface area contributed by atoms with Crippen LogP contribution in [0.5, 0.6) is 11.5 Å². The Kier molecular flexibility index (Phi) is 5.99. The predicted molar refractivity (Wildman–Crippen MR) is 104 cm³/mol. The molecule has 2 aromatic carbocycles. The van der Waals surface area contributed by atoms with Crippen LogP contribution < -0.4 is 10.1 Å². The first-order valence-corrected chi connectivity index (χ1v) is 8.72. The highest BCUT2D eigenvalue weighted by Crippen LogP contribution is 2.27. The van der Waals surface area contributed by atoms with Gasteiger partial charge in [0.25, 0.3) is 5.91 Å². The minimum absolute atomic E-state index is 0.222. The molecule has 6 heteroatoms. The number of hydrogen-bond acceptors (Lipinski definition) is 4. The van der Waals surface area contributed by atoms with E-state index < -0.39 is 0 Å². The zero-order valence-corrected chi connectivity index (χ0v) is 15.7. The number of benzene rings is 2. The molecule has 3 aromatic rings. The number of methoxy groups -OCH3 is 1. The molecular formula is C20H17BrN2O3. The van der Waals surface area contributed by atoms with Crippen molar-refractivity contribution in [1.29, 1.82) is 0 Å². The average molecular weight is 413 g/mol. The van der Waals surface area contributed by atoms with Crippen LogP contribution >= 0.6 is 15.9 Å². The zero-order valence-electron chi connectivity index (χ0n) is 14.1. The van der Waals surface area contributed by atoms with Gasteiger partial charge in [-0.2, -0.15) is 0 Å². The molecule has 0 saturated heterocycles. The van der Waals surface area contributed by atoms with E-state index in [0.717, 1.165) is 10.0 Å². The lowest BCUT2D eigenvalue weighted by molar-refractivity contribution is 0.102. The highest BCUT2D eigenvalue weighted by molar-refractivity contribution is 9.10. The minimum Gasteiger partial charge on any atom is -0.457 e. The van der Waals surface area contributed by atoms with Crippen LogP contribution in [0.4, 0.5) is 5.69 Å². The number of carbonyl (C=O) groups is 1. The third kappa shape index (κ3) is 4.47. The summed E-state index contributed by atoms with van der Waals surface area (Å²) in [5.41, 5.74) is 2.08. The first kappa shape index (κ1) is 18.1. The first-order valence-electron chi connectivity index (χ1n) is 7.93. The molecule has 1 heterocycles. The highest BCUT2D eigenvalue weighted by Gasteiger charge is 2.12. The molecule has 0 atom stereocenters. The van der Waals surface area contributed by atoms with Crippen molar-refractivity contribution in [1.82, 2.24) is 4.98 Å². The van der Waals surface area contributed by atoms with E-state index in [-0.39, 0.29) is 5.91 Å². The van der Waals surface area contributed by atoms with E-state index in [4.69, 9.17) is 9.47 Å². The van der Waals surface area contributed by atoms with Gasteiger partial charge in [0.15, 0.2) is 0 Å². The molecule has 0 fully saturated rings. The molecule has 1 amide bonds. The fraction of sp³-hybridized carbons (Fsp3) is 0.100. The van der Waals surface area contributed by atoms with E-state index in [1.165, 1.54) is 0 Å². The van der Waals surface area contributed by atoms with Gasteiger partial charge in [-0.3, -0.25) is 9.78 Å². The fourth-order valence-corrected chi connectivity index (χ4v) is 2.89. The van der Waals surface area contributed by atoms with E-state index in [0.29, 0.717) is 29.4 Å². The van der Waals surface area contributed by atoms with Crippen molar-refractivity contribution in [3.63, 3.8) is 0 Å². The van der Waals surface area contributed by atoms with Crippen LogP contribution in [-0.4, -0.2) is 18.0 Å². The van der Waals surface area contributed by atoms with Gasteiger partial charge < -0.3 is 14.8 Å². The Morgan fingerprint density at radius 2 is 1.85 bits per heavy atom. The van der Waals surface area contributed by atoms with Crippen molar-refractivity contribution in [2.24, 2.45) is 0 Å². The Balaban J connectivity index is 1.79. The highest BCUT2D eigenvalue weighted by atomic mass is 79.9. The minimum atomic E-state index is -0.222. The number of halogens is 1. The van der Waals surface area contributed by atoms with Gasteiger partial charge in [-0.1, -0.05) is 28.1 Å². The fourth-order valence-electron chi connectivity index (χ4n) is 2.40. The van der Waals surface area contributed by atoms with E-state index >= 15 is 0 Å². The molecule has 0 saturated carbocycles. The number of ether oxygens (including phenoxy) is 2. The Morgan fingerprint density at radius 3 is 2.62 bits per heavy atom. The predicted octanol–water partition coefficient (Wildman–Crippen LogP) is 5.04. The van der Waals surface area contributed by atoms with Crippen molar-refractivity contribution in [2.45, 2.75) is 6.61 Å². The van der Waals surface area contributed by atoms with Crippen LogP contribution in [0.25, 0.3) is 0 Å². The summed E-state index contributed by atoms with van der Waals surface area (Å²) in [5.74, 6) is 1.02. The lowest BCUT2D eigenvalue weighted by Gasteiger charge is -2.13. The molecule has 0 spiro atoms.